The number of nitrogens with zero attached hydrogens (tertiary/aromatic N) is 5. The Hall–Kier alpha value is -2.74. The first-order valence-electron chi connectivity index (χ1n) is 9.04. The molecule has 0 unspecified atom stereocenters. The van der Waals surface area contributed by atoms with Crippen molar-refractivity contribution in [1.29, 1.82) is 0 Å². The topological polar surface area (TPSA) is 80.0 Å². The average Bonchev–Trinajstić information content (AvgIpc) is 3.28. The van der Waals surface area contributed by atoms with Crippen molar-refractivity contribution in [3.63, 3.8) is 0 Å². The summed E-state index contributed by atoms with van der Waals surface area (Å²) in [4.78, 5) is 19.0. The summed E-state index contributed by atoms with van der Waals surface area (Å²) in [6, 6.07) is 4.04. The maximum Gasteiger partial charge on any atom is 0.191 e. The molecule has 0 saturated heterocycles. The van der Waals surface area contributed by atoms with Crippen LogP contribution in [0.4, 0.5) is 0 Å². The van der Waals surface area contributed by atoms with Gasteiger partial charge in [0.2, 0.25) is 0 Å². The minimum Gasteiger partial charge on any atom is -0.357 e. The van der Waals surface area contributed by atoms with Gasteiger partial charge in [-0.25, -0.2) is 19.9 Å². The summed E-state index contributed by atoms with van der Waals surface area (Å²) in [7, 11) is 0. The molecule has 0 radical (unpaired) electrons. The van der Waals surface area contributed by atoms with Crippen LogP contribution in [0.25, 0.3) is 5.82 Å². The smallest absolute Gasteiger partial charge is 0.191 e. The molecule has 142 valence electrons. The lowest BCUT2D eigenvalue weighted by Gasteiger charge is -2.11. The third kappa shape index (κ3) is 5.37. The Bertz CT molecular complexity index is 880. The Kier molecular flexibility index (Phi) is 6.54. The van der Waals surface area contributed by atoms with E-state index in [9.17, 15) is 0 Å². The van der Waals surface area contributed by atoms with Gasteiger partial charge in [0.25, 0.3) is 0 Å². The van der Waals surface area contributed by atoms with Crippen molar-refractivity contribution in [2.45, 2.75) is 33.7 Å². The highest BCUT2D eigenvalue weighted by Crippen LogP contribution is 2.11. The number of guanidine groups is 1. The summed E-state index contributed by atoms with van der Waals surface area (Å²) in [5.41, 5.74) is 1.06. The van der Waals surface area contributed by atoms with Gasteiger partial charge >= 0.3 is 0 Å². The molecule has 0 bridgehead atoms. The molecule has 0 aliphatic heterocycles. The molecule has 3 rings (SSSR count). The number of pyridine rings is 1. The molecule has 8 heteroatoms. The lowest BCUT2D eigenvalue weighted by atomic mass is 10.3. The lowest BCUT2D eigenvalue weighted by molar-refractivity contribution is 0.796. The summed E-state index contributed by atoms with van der Waals surface area (Å²) in [6.45, 7) is 8.29. The first kappa shape index (κ1) is 19.0. The Morgan fingerprint density at radius 1 is 1.15 bits per heavy atom. The summed E-state index contributed by atoms with van der Waals surface area (Å²) in [6.07, 6.45) is 8.36. The molecular formula is C19H25N7S. The molecule has 2 N–H and O–H groups in total. The fourth-order valence-electron chi connectivity index (χ4n) is 2.59. The number of nitrogens with one attached hydrogen (secondary N) is 2. The maximum atomic E-state index is 4.65. The van der Waals surface area contributed by atoms with Crippen LogP contribution in [0.1, 0.15) is 28.2 Å². The average molecular weight is 384 g/mol. The standard InChI is InChI=1S/C19H25N7S/c1-4-20-19(22-8-7-18-24-11-14(2)27-18)25-13-16-5-6-17(23-12-16)26-10-9-21-15(26)3/h5-6,9-12H,4,7-8,13H2,1-3H3,(H2,20,22,25). The van der Waals surface area contributed by atoms with E-state index in [-0.39, 0.29) is 0 Å². The van der Waals surface area contributed by atoms with Crippen LogP contribution in [-0.2, 0) is 13.0 Å². The number of hydrogen-bond acceptors (Lipinski definition) is 5. The molecule has 27 heavy (non-hydrogen) atoms. The summed E-state index contributed by atoms with van der Waals surface area (Å²) in [5, 5.41) is 7.78. The van der Waals surface area contributed by atoms with Crippen molar-refractivity contribution in [3.05, 3.63) is 58.2 Å². The second-order valence-corrected chi connectivity index (χ2v) is 7.43. The Labute approximate surface area is 163 Å². The first-order chi connectivity index (χ1) is 13.2. The quantitative estimate of drug-likeness (QED) is 0.484. The van der Waals surface area contributed by atoms with Gasteiger partial charge in [-0.1, -0.05) is 6.07 Å². The van der Waals surface area contributed by atoms with Gasteiger partial charge in [-0.15, -0.1) is 11.3 Å². The van der Waals surface area contributed by atoms with E-state index in [4.69, 9.17) is 0 Å². The van der Waals surface area contributed by atoms with Crippen molar-refractivity contribution < 1.29 is 0 Å². The van der Waals surface area contributed by atoms with Crippen LogP contribution in [0, 0.1) is 13.8 Å². The lowest BCUT2D eigenvalue weighted by Crippen LogP contribution is -2.38. The van der Waals surface area contributed by atoms with E-state index in [1.807, 2.05) is 42.2 Å². The van der Waals surface area contributed by atoms with E-state index >= 15 is 0 Å². The van der Waals surface area contributed by atoms with Gasteiger partial charge < -0.3 is 10.6 Å². The fourth-order valence-corrected chi connectivity index (χ4v) is 3.38. The van der Waals surface area contributed by atoms with Gasteiger partial charge in [0.15, 0.2) is 5.96 Å². The van der Waals surface area contributed by atoms with Crippen molar-refractivity contribution in [2.24, 2.45) is 4.99 Å². The molecule has 3 aromatic heterocycles. The molecule has 3 aromatic rings. The fraction of sp³-hybridized carbons (Fsp3) is 0.368. The van der Waals surface area contributed by atoms with Crippen LogP contribution in [0.3, 0.4) is 0 Å². The zero-order valence-corrected chi connectivity index (χ0v) is 16.8. The number of imidazole rings is 1. The number of rotatable bonds is 7. The zero-order valence-electron chi connectivity index (χ0n) is 15.9. The normalized spacial score (nSPS) is 11.6. The highest BCUT2D eigenvalue weighted by molar-refractivity contribution is 7.11. The van der Waals surface area contributed by atoms with Gasteiger partial charge in [0.1, 0.15) is 11.6 Å². The third-order valence-electron chi connectivity index (χ3n) is 3.95. The minimum atomic E-state index is 0.571. The second kappa shape index (κ2) is 9.27. The van der Waals surface area contributed by atoms with E-state index in [1.165, 1.54) is 4.88 Å². The zero-order chi connectivity index (χ0) is 19.1. The number of aromatic nitrogens is 4. The molecule has 0 saturated carbocycles. The van der Waals surface area contributed by atoms with Crippen LogP contribution in [0.15, 0.2) is 41.9 Å². The number of aliphatic imine (C=N–C) groups is 1. The number of hydrogen-bond donors (Lipinski definition) is 2. The molecule has 3 heterocycles. The van der Waals surface area contributed by atoms with Crippen LogP contribution < -0.4 is 10.6 Å². The maximum absolute atomic E-state index is 4.65. The van der Waals surface area contributed by atoms with Crippen LogP contribution in [-0.4, -0.2) is 38.6 Å². The predicted octanol–water partition coefficient (Wildman–Crippen LogP) is 2.64. The van der Waals surface area contributed by atoms with Gasteiger partial charge in [0.05, 0.1) is 11.6 Å². The summed E-state index contributed by atoms with van der Waals surface area (Å²) >= 11 is 1.74. The van der Waals surface area contributed by atoms with Crippen LogP contribution >= 0.6 is 11.3 Å². The monoisotopic (exact) mass is 383 g/mol. The summed E-state index contributed by atoms with van der Waals surface area (Å²) in [5.74, 6) is 2.59. The molecule has 0 amide bonds. The molecule has 0 fully saturated rings. The van der Waals surface area contributed by atoms with E-state index in [2.05, 4.69) is 44.4 Å². The largest absolute Gasteiger partial charge is 0.357 e. The van der Waals surface area contributed by atoms with E-state index in [0.717, 1.165) is 47.7 Å². The molecule has 0 spiro atoms. The van der Waals surface area contributed by atoms with Crippen molar-refractivity contribution in [2.75, 3.05) is 13.1 Å². The molecule has 0 aliphatic carbocycles. The van der Waals surface area contributed by atoms with Crippen LogP contribution in [0.5, 0.6) is 0 Å². The highest BCUT2D eigenvalue weighted by atomic mass is 32.1. The van der Waals surface area contributed by atoms with Gasteiger partial charge in [-0.05, 0) is 32.4 Å². The summed E-state index contributed by atoms with van der Waals surface area (Å²) < 4.78 is 1.96. The second-order valence-electron chi connectivity index (χ2n) is 6.11. The van der Waals surface area contributed by atoms with Gasteiger partial charge in [-0.3, -0.25) is 4.57 Å². The number of thiazole rings is 1. The number of aryl methyl sites for hydroxylation is 2. The molecule has 0 aliphatic rings. The molecule has 0 atom stereocenters. The minimum absolute atomic E-state index is 0.571. The van der Waals surface area contributed by atoms with E-state index in [1.54, 1.807) is 17.5 Å². The molecule has 7 nitrogen and oxygen atoms in total. The molecular weight excluding hydrogens is 358 g/mol. The van der Waals surface area contributed by atoms with Gasteiger partial charge in [0, 0.05) is 49.2 Å². The van der Waals surface area contributed by atoms with Crippen LogP contribution in [0.2, 0.25) is 0 Å². The predicted molar refractivity (Wildman–Crippen MR) is 109 cm³/mol. The Morgan fingerprint density at radius 3 is 2.67 bits per heavy atom. The molecule has 0 aromatic carbocycles. The van der Waals surface area contributed by atoms with E-state index in [0.29, 0.717) is 6.54 Å². The van der Waals surface area contributed by atoms with Gasteiger partial charge in [-0.2, -0.15) is 0 Å². The van der Waals surface area contributed by atoms with Crippen molar-refractivity contribution in [1.82, 2.24) is 30.2 Å². The Balaban J connectivity index is 1.56. The van der Waals surface area contributed by atoms with Crippen molar-refractivity contribution in [3.8, 4) is 5.82 Å². The highest BCUT2D eigenvalue weighted by Gasteiger charge is 2.03. The third-order valence-corrected chi connectivity index (χ3v) is 4.92. The first-order valence-corrected chi connectivity index (χ1v) is 9.86. The van der Waals surface area contributed by atoms with Crippen molar-refractivity contribution >= 4 is 17.3 Å². The Morgan fingerprint density at radius 2 is 2.04 bits per heavy atom. The van der Waals surface area contributed by atoms with E-state index < -0.39 is 0 Å². The SMILES string of the molecule is CCNC(=NCc1ccc(-n2ccnc2C)nc1)NCCc1ncc(C)s1.